The molecule has 10 unspecified atom stereocenters. The van der Waals surface area contributed by atoms with E-state index in [1.54, 1.807) is 12.5 Å². The van der Waals surface area contributed by atoms with E-state index < -0.39 is 12.5 Å². The number of nitrogens with zero attached hydrogens (tertiary/aromatic N) is 2. The lowest BCUT2D eigenvalue weighted by Gasteiger charge is -2.58. The van der Waals surface area contributed by atoms with Crippen LogP contribution in [0.1, 0.15) is 95.2 Å². The van der Waals surface area contributed by atoms with E-state index in [9.17, 15) is 10.2 Å². The van der Waals surface area contributed by atoms with Crippen molar-refractivity contribution >= 4 is 11.8 Å². The molecule has 37 heavy (non-hydrogen) atoms. The Hall–Kier alpha value is -1.25. The van der Waals surface area contributed by atoms with Gasteiger partial charge in [-0.15, -0.1) is 0 Å². The topological polar surface area (TPSA) is 73.2 Å². The van der Waals surface area contributed by atoms with Crippen LogP contribution in [-0.4, -0.2) is 55.1 Å². The highest BCUT2D eigenvalue weighted by Gasteiger charge is 2.63. The predicted octanol–water partition coefficient (Wildman–Crippen LogP) is 5.94. The van der Waals surface area contributed by atoms with Crippen molar-refractivity contribution in [3.8, 4) is 0 Å². The normalized spacial score (nSPS) is 46.8. The molecule has 2 aromatic heterocycles. The van der Waals surface area contributed by atoms with Gasteiger partial charge in [0.25, 0.3) is 0 Å². The lowest BCUT2D eigenvalue weighted by molar-refractivity contribution is -0.193. The fourth-order valence-electron chi connectivity index (χ4n) is 9.00. The monoisotopic (exact) mass is 526 g/mol. The summed E-state index contributed by atoms with van der Waals surface area (Å²) in [5.41, 5.74) is -0.196. The summed E-state index contributed by atoms with van der Waals surface area (Å²) in [6.07, 6.45) is 12.0. The summed E-state index contributed by atoms with van der Waals surface area (Å²) in [7, 11) is 0. The molecule has 7 heteroatoms. The summed E-state index contributed by atoms with van der Waals surface area (Å²) in [4.78, 5) is 4.83. The van der Waals surface area contributed by atoms with Crippen LogP contribution in [0.2, 0.25) is 0 Å². The van der Waals surface area contributed by atoms with Gasteiger partial charge in [-0.05, 0) is 93.9 Å². The molecule has 5 aliphatic rings. The first kappa shape index (κ1) is 24.8. The third-order valence-electron chi connectivity index (χ3n) is 11.0. The summed E-state index contributed by atoms with van der Waals surface area (Å²) < 4.78 is 11.5. The average Bonchev–Trinajstić information content (AvgIpc) is 3.68. The number of aliphatic hydroxyl groups is 2. The summed E-state index contributed by atoms with van der Waals surface area (Å²) in [5, 5.41) is 24.4. The maximum absolute atomic E-state index is 12.2. The van der Waals surface area contributed by atoms with E-state index in [2.05, 4.69) is 35.8 Å². The molecule has 5 fully saturated rings. The molecule has 0 amide bonds. The fraction of sp³-hybridized carbons (Fsp3) is 0.733. The smallest absolute Gasteiger partial charge is 0.123 e. The Bertz CT molecular complexity index is 993. The Morgan fingerprint density at radius 1 is 0.784 bits per heavy atom. The van der Waals surface area contributed by atoms with Crippen LogP contribution in [0.15, 0.2) is 45.6 Å². The van der Waals surface area contributed by atoms with E-state index >= 15 is 0 Å². The molecule has 0 saturated carbocycles. The maximum Gasteiger partial charge on any atom is 0.123 e. The number of hydrogen-bond acceptors (Lipinski definition) is 7. The van der Waals surface area contributed by atoms with E-state index in [0.717, 1.165) is 62.2 Å². The first-order valence-electron chi connectivity index (χ1n) is 14.5. The molecule has 2 spiro atoms. The molecule has 7 heterocycles. The highest BCUT2D eigenvalue weighted by atomic mass is 32.2. The van der Waals surface area contributed by atoms with Crippen LogP contribution in [0.25, 0.3) is 0 Å². The summed E-state index contributed by atoms with van der Waals surface area (Å²) in [5.74, 6) is 4.02. The number of rotatable bonds is 2. The van der Waals surface area contributed by atoms with Crippen molar-refractivity contribution in [3.05, 3.63) is 48.3 Å². The van der Waals surface area contributed by atoms with E-state index in [1.165, 1.54) is 12.8 Å². The van der Waals surface area contributed by atoms with E-state index in [4.69, 9.17) is 8.83 Å². The van der Waals surface area contributed by atoms with Crippen molar-refractivity contribution < 1.29 is 19.0 Å². The minimum absolute atomic E-state index is 0.132. The molecule has 10 atom stereocenters. The summed E-state index contributed by atoms with van der Waals surface area (Å²) in [6, 6.07) is 9.13. The second kappa shape index (κ2) is 9.16. The number of aliphatic hydroxyl groups excluding tert-OH is 2. The van der Waals surface area contributed by atoms with E-state index in [0.29, 0.717) is 23.9 Å². The number of thioether (sulfide) groups is 1. The van der Waals surface area contributed by atoms with Gasteiger partial charge in [0, 0.05) is 23.3 Å². The summed E-state index contributed by atoms with van der Waals surface area (Å²) in [6.45, 7) is 4.70. The first-order valence-corrected chi connectivity index (χ1v) is 15.5. The molecule has 2 aromatic rings. The van der Waals surface area contributed by atoms with Crippen molar-refractivity contribution in [1.82, 2.24) is 9.80 Å². The van der Waals surface area contributed by atoms with Crippen LogP contribution in [-0.2, 0) is 0 Å². The van der Waals surface area contributed by atoms with Crippen molar-refractivity contribution in [3.63, 3.8) is 0 Å². The lowest BCUT2D eigenvalue weighted by atomic mass is 9.66. The van der Waals surface area contributed by atoms with Gasteiger partial charge in [-0.1, -0.05) is 13.8 Å². The van der Waals surface area contributed by atoms with Gasteiger partial charge in [0.15, 0.2) is 0 Å². The van der Waals surface area contributed by atoms with Gasteiger partial charge in [-0.2, -0.15) is 11.8 Å². The van der Waals surface area contributed by atoms with Crippen molar-refractivity contribution in [1.29, 1.82) is 0 Å². The molecule has 0 bridgehead atoms. The number of piperidine rings is 4. The average molecular weight is 527 g/mol. The quantitative estimate of drug-likeness (QED) is 0.501. The van der Waals surface area contributed by atoms with Gasteiger partial charge in [0.05, 0.1) is 29.4 Å². The fourth-order valence-corrected chi connectivity index (χ4v) is 10.9. The van der Waals surface area contributed by atoms with Crippen molar-refractivity contribution in [2.45, 2.75) is 113 Å². The molecule has 7 rings (SSSR count). The Balaban J connectivity index is 1.18. The Morgan fingerprint density at radius 3 is 1.92 bits per heavy atom. The van der Waals surface area contributed by atoms with E-state index in [1.807, 2.05) is 23.9 Å². The minimum Gasteiger partial charge on any atom is -0.468 e. The Kier molecular flexibility index (Phi) is 6.13. The third-order valence-corrected chi connectivity index (χ3v) is 12.9. The largest absolute Gasteiger partial charge is 0.468 e. The van der Waals surface area contributed by atoms with Gasteiger partial charge < -0.3 is 19.0 Å². The molecule has 5 aliphatic heterocycles. The molecular weight excluding hydrogens is 484 g/mol. The highest BCUT2D eigenvalue weighted by molar-refractivity contribution is 8.01. The van der Waals surface area contributed by atoms with Gasteiger partial charge in [-0.25, -0.2) is 0 Å². The van der Waals surface area contributed by atoms with Gasteiger partial charge in [0.2, 0.25) is 0 Å². The van der Waals surface area contributed by atoms with E-state index in [-0.39, 0.29) is 22.2 Å². The van der Waals surface area contributed by atoms with Crippen LogP contribution in [0.3, 0.4) is 0 Å². The number of hydrogen-bond donors (Lipinski definition) is 2. The third kappa shape index (κ3) is 3.75. The number of furan rings is 2. The van der Waals surface area contributed by atoms with Crippen LogP contribution in [0.4, 0.5) is 0 Å². The van der Waals surface area contributed by atoms with Crippen molar-refractivity contribution in [2.75, 3.05) is 5.75 Å². The molecule has 0 aromatic carbocycles. The lowest BCUT2D eigenvalue weighted by Crippen LogP contribution is -2.64. The molecule has 0 aliphatic carbocycles. The SMILES string of the molecule is CC1CCC(c2ccco2)N2C1CCC1(CSC3(CCC4C(C)CCC(c5ccco5)N4C3O)C1)C2O. The zero-order valence-electron chi connectivity index (χ0n) is 22.2. The second-order valence-corrected chi connectivity index (χ2v) is 14.3. The van der Waals surface area contributed by atoms with Gasteiger partial charge >= 0.3 is 0 Å². The standard InChI is InChI=1S/C30H42N2O4S/c1-19-7-9-23(25-5-3-15-35-25)31-21(19)11-13-29(27(31)33)17-30(37-18-29)14-12-22-20(2)8-10-24(32(22)28(30)34)26-6-4-16-36-26/h3-6,15-16,19-24,27-28,33-34H,7-14,17-18H2,1-2H3. The minimum atomic E-state index is -0.528. The predicted molar refractivity (Wildman–Crippen MR) is 144 cm³/mol. The highest BCUT2D eigenvalue weighted by Crippen LogP contribution is 2.63. The molecule has 202 valence electrons. The molecular formula is C30H42N2O4S. The molecule has 2 N–H and O–H groups in total. The van der Waals surface area contributed by atoms with Gasteiger partial charge in [-0.3, -0.25) is 9.80 Å². The van der Waals surface area contributed by atoms with Crippen LogP contribution >= 0.6 is 11.8 Å². The van der Waals surface area contributed by atoms with Gasteiger partial charge in [0.1, 0.15) is 24.0 Å². The maximum atomic E-state index is 12.2. The number of fused-ring (bicyclic) bond motifs is 2. The van der Waals surface area contributed by atoms with Crippen molar-refractivity contribution in [2.24, 2.45) is 17.3 Å². The van der Waals surface area contributed by atoms with Crippen LogP contribution < -0.4 is 0 Å². The van der Waals surface area contributed by atoms with Crippen LogP contribution in [0.5, 0.6) is 0 Å². The second-order valence-electron chi connectivity index (χ2n) is 12.9. The Labute approximate surface area is 224 Å². The zero-order valence-corrected chi connectivity index (χ0v) is 23.0. The summed E-state index contributed by atoms with van der Waals surface area (Å²) >= 11 is 1.95. The first-order chi connectivity index (χ1) is 17.9. The Morgan fingerprint density at radius 2 is 1.35 bits per heavy atom. The molecule has 5 saturated heterocycles. The molecule has 0 radical (unpaired) electrons. The van der Waals surface area contributed by atoms with Crippen LogP contribution in [0, 0.1) is 17.3 Å². The molecule has 6 nitrogen and oxygen atoms in total. The zero-order chi connectivity index (χ0) is 25.4.